The Kier molecular flexibility index (Phi) is 9.23. The van der Waals surface area contributed by atoms with E-state index in [2.05, 4.69) is 0 Å². The minimum atomic E-state index is -8.88. The topological polar surface area (TPSA) is 57.2 Å². The molecule has 0 aliphatic heterocycles. The van der Waals surface area contributed by atoms with Crippen LogP contribution in [0.15, 0.2) is 0 Å². The van der Waals surface area contributed by atoms with Crippen molar-refractivity contribution in [3.63, 3.8) is 0 Å². The Labute approximate surface area is 201 Å². The normalized spacial score (nSPS) is 16.2. The standard InChI is InChI=1S/C9H3F17O3S.K/c10-1-2(11,12)3(13,14)4(15,16)5(17,18)6(19,20)7(21,22)8(23,24)9(25,26)30(27,28)29;/h1H2,(H,27,28,29);/q;+1/p-1. The molecule has 0 aromatic rings. The van der Waals surface area contributed by atoms with Crippen molar-refractivity contribution in [1.82, 2.24) is 0 Å². The van der Waals surface area contributed by atoms with Gasteiger partial charge in [-0.1, -0.05) is 0 Å². The summed E-state index contributed by atoms with van der Waals surface area (Å²) in [6.45, 7) is -4.02. The molecule has 0 unspecified atom stereocenters. The summed E-state index contributed by atoms with van der Waals surface area (Å²) in [4.78, 5) is 0. The van der Waals surface area contributed by atoms with Gasteiger partial charge in [0, 0.05) is 0 Å². The Bertz CT molecular complexity index is 761. The second kappa shape index (κ2) is 8.54. The van der Waals surface area contributed by atoms with E-state index in [1.54, 1.807) is 0 Å². The van der Waals surface area contributed by atoms with Gasteiger partial charge in [0.1, 0.15) is 0 Å². The molecule has 0 amide bonds. The van der Waals surface area contributed by atoms with Crippen molar-refractivity contribution in [2.24, 2.45) is 0 Å². The van der Waals surface area contributed by atoms with E-state index in [9.17, 15) is 87.6 Å². The van der Waals surface area contributed by atoms with Gasteiger partial charge in [0.2, 0.25) is 0 Å². The molecule has 0 rings (SSSR count). The Morgan fingerprint density at radius 2 is 0.742 bits per heavy atom. The molecular formula is C9H2F17KO3S. The molecule has 0 aliphatic carbocycles. The van der Waals surface area contributed by atoms with E-state index in [-0.39, 0.29) is 51.4 Å². The molecule has 0 spiro atoms. The predicted octanol–water partition coefficient (Wildman–Crippen LogP) is 1.55. The van der Waals surface area contributed by atoms with E-state index in [4.69, 9.17) is 0 Å². The summed E-state index contributed by atoms with van der Waals surface area (Å²) in [5, 5.41) is -7.94. The van der Waals surface area contributed by atoms with Crippen LogP contribution >= 0.6 is 0 Å². The third-order valence-corrected chi connectivity index (χ3v) is 4.16. The van der Waals surface area contributed by atoms with E-state index in [1.807, 2.05) is 0 Å². The molecule has 0 heterocycles. The van der Waals surface area contributed by atoms with E-state index in [0.29, 0.717) is 0 Å². The van der Waals surface area contributed by atoms with E-state index < -0.39 is 63.5 Å². The third-order valence-electron chi connectivity index (χ3n) is 3.28. The molecule has 0 N–H and O–H groups in total. The Balaban J connectivity index is 0. The molecule has 0 fully saturated rings. The molecular weight excluding hydrogens is 550 g/mol. The molecule has 0 aliphatic rings. The number of hydrogen-bond acceptors (Lipinski definition) is 3. The molecule has 0 aromatic heterocycles. The molecule has 31 heavy (non-hydrogen) atoms. The van der Waals surface area contributed by atoms with Crippen LogP contribution < -0.4 is 51.4 Å². The zero-order valence-electron chi connectivity index (χ0n) is 13.8. The fraction of sp³-hybridized carbons (Fsp3) is 1.00. The number of halogens is 17. The first-order valence-electron chi connectivity index (χ1n) is 6.10. The van der Waals surface area contributed by atoms with Crippen molar-refractivity contribution < 1.29 is 139 Å². The summed E-state index contributed by atoms with van der Waals surface area (Å²) in [5.74, 6) is -58.6. The average molecular weight is 552 g/mol. The molecule has 0 bridgehead atoms. The molecule has 0 saturated heterocycles. The van der Waals surface area contributed by atoms with E-state index in [0.717, 1.165) is 0 Å². The van der Waals surface area contributed by atoms with Gasteiger partial charge in [-0.25, -0.2) is 12.8 Å². The summed E-state index contributed by atoms with van der Waals surface area (Å²) in [6, 6.07) is 0. The fourth-order valence-corrected chi connectivity index (χ4v) is 1.88. The minimum Gasteiger partial charge on any atom is -0.743 e. The maximum absolute atomic E-state index is 13.1. The summed E-state index contributed by atoms with van der Waals surface area (Å²) < 4.78 is 248. The quantitative estimate of drug-likeness (QED) is 0.248. The maximum Gasteiger partial charge on any atom is 1.00 e. The van der Waals surface area contributed by atoms with E-state index in [1.165, 1.54) is 0 Å². The van der Waals surface area contributed by atoms with Crippen molar-refractivity contribution in [2.45, 2.75) is 46.7 Å². The van der Waals surface area contributed by atoms with Crippen molar-refractivity contribution >= 4 is 10.1 Å². The monoisotopic (exact) mass is 552 g/mol. The largest absolute Gasteiger partial charge is 1.00 e. The number of rotatable bonds is 9. The second-order valence-corrected chi connectivity index (χ2v) is 6.68. The molecule has 0 radical (unpaired) electrons. The fourth-order valence-electron chi connectivity index (χ4n) is 1.44. The molecule has 22 heteroatoms. The Morgan fingerprint density at radius 1 is 0.516 bits per heavy atom. The number of alkyl halides is 17. The van der Waals surface area contributed by atoms with Crippen LogP contribution in [0.2, 0.25) is 0 Å². The van der Waals surface area contributed by atoms with Gasteiger partial charge in [0.25, 0.3) is 0 Å². The molecule has 3 nitrogen and oxygen atoms in total. The van der Waals surface area contributed by atoms with Crippen LogP contribution in [-0.2, 0) is 10.1 Å². The molecule has 0 saturated carbocycles. The van der Waals surface area contributed by atoms with Gasteiger partial charge in [-0.2, -0.15) is 70.2 Å². The van der Waals surface area contributed by atoms with Crippen LogP contribution in [0.4, 0.5) is 74.6 Å². The third kappa shape index (κ3) is 4.30. The predicted molar refractivity (Wildman–Crippen MR) is 55.2 cm³/mol. The summed E-state index contributed by atoms with van der Waals surface area (Å²) >= 11 is 0. The van der Waals surface area contributed by atoms with Crippen LogP contribution in [-0.4, -0.2) is 66.4 Å². The van der Waals surface area contributed by atoms with Gasteiger partial charge < -0.3 is 4.55 Å². The van der Waals surface area contributed by atoms with Crippen LogP contribution in [0.3, 0.4) is 0 Å². The summed E-state index contributed by atoms with van der Waals surface area (Å²) in [7, 11) is -8.14. The summed E-state index contributed by atoms with van der Waals surface area (Å²) in [5.41, 5.74) is 0. The van der Waals surface area contributed by atoms with Gasteiger partial charge >= 0.3 is 98.1 Å². The van der Waals surface area contributed by atoms with Crippen LogP contribution in [0.5, 0.6) is 0 Å². The SMILES string of the molecule is O=S(=O)([O-])C(F)(F)C(F)(F)C(F)(F)C(F)(F)C(F)(F)C(F)(F)C(F)(F)C(F)(F)CF.[K+]. The molecule has 0 aromatic carbocycles. The van der Waals surface area contributed by atoms with E-state index >= 15 is 0 Å². The van der Waals surface area contributed by atoms with Crippen molar-refractivity contribution in [3.8, 4) is 0 Å². The smallest absolute Gasteiger partial charge is 0.743 e. The van der Waals surface area contributed by atoms with Gasteiger partial charge in [-0.05, 0) is 0 Å². The first kappa shape index (κ1) is 33.5. The second-order valence-electron chi connectivity index (χ2n) is 5.26. The summed E-state index contributed by atoms with van der Waals surface area (Å²) in [6.07, 6.45) is 0. The van der Waals surface area contributed by atoms with Gasteiger partial charge in [0.15, 0.2) is 16.8 Å². The van der Waals surface area contributed by atoms with Crippen molar-refractivity contribution in [2.75, 3.05) is 6.67 Å². The number of hydrogen-bond donors (Lipinski definition) is 0. The zero-order valence-corrected chi connectivity index (χ0v) is 17.7. The Hall–Kier alpha value is 0.356. The van der Waals surface area contributed by atoms with Crippen LogP contribution in [0, 0.1) is 0 Å². The van der Waals surface area contributed by atoms with Crippen molar-refractivity contribution in [3.05, 3.63) is 0 Å². The minimum absolute atomic E-state index is 0. The van der Waals surface area contributed by atoms with Crippen molar-refractivity contribution in [1.29, 1.82) is 0 Å². The van der Waals surface area contributed by atoms with Gasteiger partial charge in [0.05, 0.1) is 0 Å². The molecule has 182 valence electrons. The molecule has 0 atom stereocenters. The first-order chi connectivity index (χ1) is 12.6. The van der Waals surface area contributed by atoms with Crippen LogP contribution in [0.25, 0.3) is 0 Å². The zero-order chi connectivity index (χ0) is 25.2. The van der Waals surface area contributed by atoms with Gasteiger partial charge in [-0.3, -0.25) is 0 Å². The maximum atomic E-state index is 13.1. The Morgan fingerprint density at radius 3 is 0.968 bits per heavy atom. The first-order valence-corrected chi connectivity index (χ1v) is 7.51. The van der Waals surface area contributed by atoms with Crippen LogP contribution in [0.1, 0.15) is 0 Å². The average Bonchev–Trinajstić information content (AvgIpc) is 2.52. The van der Waals surface area contributed by atoms with Gasteiger partial charge in [-0.15, -0.1) is 0 Å².